The summed E-state index contributed by atoms with van der Waals surface area (Å²) in [7, 11) is 0. The molecule has 0 saturated carbocycles. The monoisotopic (exact) mass is 511 g/mol. The van der Waals surface area contributed by atoms with Crippen LogP contribution >= 0.6 is 0 Å². The molecule has 0 unspecified atom stereocenters. The molecule has 2 heterocycles. The first-order valence-corrected chi connectivity index (χ1v) is 13.3. The van der Waals surface area contributed by atoms with E-state index in [1.54, 1.807) is 17.2 Å². The van der Waals surface area contributed by atoms with E-state index in [1.165, 1.54) is 0 Å². The topological polar surface area (TPSA) is 104 Å². The molecule has 7 heteroatoms. The highest BCUT2D eigenvalue weighted by molar-refractivity contribution is 6.03. The van der Waals surface area contributed by atoms with E-state index in [9.17, 15) is 9.59 Å². The van der Waals surface area contributed by atoms with Crippen LogP contribution in [0.15, 0.2) is 65.6 Å². The van der Waals surface area contributed by atoms with Crippen LogP contribution in [0.25, 0.3) is 22.2 Å². The van der Waals surface area contributed by atoms with Gasteiger partial charge < -0.3 is 16.0 Å². The van der Waals surface area contributed by atoms with Gasteiger partial charge in [0.15, 0.2) is 0 Å². The first kappa shape index (κ1) is 26.9. The number of fused-ring (bicyclic) bond motifs is 1. The molecule has 0 aliphatic carbocycles. The molecule has 7 nitrogen and oxygen atoms in total. The number of H-pyrrole nitrogens is 1. The predicted molar refractivity (Wildman–Crippen MR) is 158 cm³/mol. The van der Waals surface area contributed by atoms with E-state index < -0.39 is 0 Å². The van der Waals surface area contributed by atoms with Crippen LogP contribution in [0.5, 0.6) is 0 Å². The van der Waals surface area contributed by atoms with Crippen LogP contribution in [0.4, 0.5) is 21.9 Å². The number of rotatable bonds is 8. The number of pyridine rings is 2. The lowest BCUT2D eigenvalue weighted by molar-refractivity contribution is 0.256. The number of amides is 2. The number of hydrogen-bond acceptors (Lipinski definition) is 4. The third kappa shape index (κ3) is 5.72. The number of aromatic amines is 1. The summed E-state index contributed by atoms with van der Waals surface area (Å²) in [5, 5.41) is 3.98. The van der Waals surface area contributed by atoms with Crippen molar-refractivity contribution < 1.29 is 4.79 Å². The Kier molecular flexibility index (Phi) is 8.15. The van der Waals surface area contributed by atoms with Crippen LogP contribution in [0.2, 0.25) is 0 Å². The quantitative estimate of drug-likeness (QED) is 0.217. The summed E-state index contributed by atoms with van der Waals surface area (Å²) in [5.41, 5.74) is 12.2. The second-order valence-corrected chi connectivity index (χ2v) is 10.3. The average molecular weight is 512 g/mol. The number of aromatic nitrogens is 2. The fraction of sp³-hybridized carbons (Fsp3) is 0.323. The van der Waals surface area contributed by atoms with Crippen molar-refractivity contribution in [3.8, 4) is 11.1 Å². The average Bonchev–Trinajstić information content (AvgIpc) is 2.89. The van der Waals surface area contributed by atoms with Gasteiger partial charge in [-0.3, -0.25) is 9.69 Å². The van der Waals surface area contributed by atoms with Crippen LogP contribution < -0.4 is 21.5 Å². The molecule has 0 aliphatic heterocycles. The number of urea groups is 1. The third-order valence-corrected chi connectivity index (χ3v) is 6.79. The molecule has 0 radical (unpaired) electrons. The Morgan fingerprint density at radius 2 is 1.66 bits per heavy atom. The molecule has 0 fully saturated rings. The lowest BCUT2D eigenvalue weighted by Gasteiger charge is -2.27. The third-order valence-electron chi connectivity index (χ3n) is 6.79. The van der Waals surface area contributed by atoms with Gasteiger partial charge in [-0.25, -0.2) is 9.78 Å². The number of carbonyl (C=O) groups excluding carboxylic acids is 1. The normalized spacial score (nSPS) is 11.3. The first-order chi connectivity index (χ1) is 18.2. The maximum atomic E-state index is 13.9. The van der Waals surface area contributed by atoms with E-state index in [0.29, 0.717) is 17.9 Å². The summed E-state index contributed by atoms with van der Waals surface area (Å²) in [5.74, 6) is 0.325. The van der Waals surface area contributed by atoms with E-state index in [2.05, 4.69) is 62.0 Å². The van der Waals surface area contributed by atoms with Crippen LogP contribution in [-0.4, -0.2) is 22.5 Å². The Hall–Kier alpha value is -4.13. The molecule has 0 aliphatic rings. The van der Waals surface area contributed by atoms with Gasteiger partial charge in [-0.1, -0.05) is 53.2 Å². The molecule has 38 heavy (non-hydrogen) atoms. The number of anilines is 3. The second-order valence-electron chi connectivity index (χ2n) is 10.3. The summed E-state index contributed by atoms with van der Waals surface area (Å²) >= 11 is 0. The molecule has 4 aromatic rings. The van der Waals surface area contributed by atoms with Crippen molar-refractivity contribution in [2.75, 3.05) is 22.5 Å². The van der Waals surface area contributed by atoms with Gasteiger partial charge in [0.25, 0.3) is 5.56 Å². The van der Waals surface area contributed by atoms with Crippen LogP contribution in [0.1, 0.15) is 70.4 Å². The summed E-state index contributed by atoms with van der Waals surface area (Å²) in [4.78, 5) is 35.5. The van der Waals surface area contributed by atoms with Gasteiger partial charge in [-0.2, -0.15) is 0 Å². The highest BCUT2D eigenvalue weighted by Crippen LogP contribution is 2.37. The summed E-state index contributed by atoms with van der Waals surface area (Å²) in [6.45, 7) is 11.0. The molecular weight excluding hydrogens is 474 g/mol. The van der Waals surface area contributed by atoms with Gasteiger partial charge in [0.05, 0.1) is 0 Å². The highest BCUT2D eigenvalue weighted by Gasteiger charge is 2.24. The summed E-state index contributed by atoms with van der Waals surface area (Å²) in [6, 6.07) is 17.2. The molecule has 2 aromatic carbocycles. The van der Waals surface area contributed by atoms with Gasteiger partial charge >= 0.3 is 6.03 Å². The molecule has 198 valence electrons. The molecule has 4 N–H and O–H groups in total. The van der Waals surface area contributed by atoms with Gasteiger partial charge in [0, 0.05) is 29.5 Å². The lowest BCUT2D eigenvalue weighted by atomic mass is 9.88. The van der Waals surface area contributed by atoms with Crippen molar-refractivity contribution in [2.45, 2.75) is 59.3 Å². The molecule has 2 aromatic heterocycles. The molecule has 0 saturated heterocycles. The molecule has 0 atom stereocenters. The van der Waals surface area contributed by atoms with Crippen LogP contribution in [0, 0.1) is 0 Å². The number of carbonyl (C=O) groups is 1. The van der Waals surface area contributed by atoms with Gasteiger partial charge in [0.1, 0.15) is 11.3 Å². The number of benzene rings is 2. The van der Waals surface area contributed by atoms with Crippen molar-refractivity contribution >= 4 is 34.1 Å². The summed E-state index contributed by atoms with van der Waals surface area (Å²) in [6.07, 6.45) is 3.29. The zero-order valence-electron chi connectivity index (χ0n) is 22.8. The number of hydrogen-bond donors (Lipinski definition) is 3. The maximum absolute atomic E-state index is 13.9. The molecule has 0 spiro atoms. The maximum Gasteiger partial charge on any atom is 0.326 e. The summed E-state index contributed by atoms with van der Waals surface area (Å²) < 4.78 is 0. The standard InChI is InChI=1S/C31H37N5O2/c1-6-7-15-36(27-18-22-9-8-14-33-29(22)35-30(27)37)31(38)34-28-25(19(2)3)16-23(17-26(28)20(4)5)21-10-12-24(32)13-11-21/h8-14,16-20H,6-7,15,32H2,1-5H3,(H,34,38)(H,33,35,37). The lowest BCUT2D eigenvalue weighted by Crippen LogP contribution is -2.39. The minimum absolute atomic E-state index is 0.163. The van der Waals surface area contributed by atoms with Crippen molar-refractivity contribution in [1.29, 1.82) is 0 Å². The number of nitrogen functional groups attached to an aromatic ring is 1. The van der Waals surface area contributed by atoms with E-state index >= 15 is 0 Å². The fourth-order valence-corrected chi connectivity index (χ4v) is 4.63. The van der Waals surface area contributed by atoms with Gasteiger partial charge in [-0.15, -0.1) is 0 Å². The Bertz CT molecular complexity index is 1460. The molecule has 4 rings (SSSR count). The molecule has 2 amide bonds. The minimum atomic E-state index is -0.339. The van der Waals surface area contributed by atoms with E-state index in [1.807, 2.05) is 36.4 Å². The first-order valence-electron chi connectivity index (χ1n) is 13.3. The zero-order chi connectivity index (χ0) is 27.4. The Morgan fingerprint density at radius 1 is 1.00 bits per heavy atom. The largest absolute Gasteiger partial charge is 0.399 e. The predicted octanol–water partition coefficient (Wildman–Crippen LogP) is 7.26. The Morgan fingerprint density at radius 3 is 2.26 bits per heavy atom. The SMILES string of the molecule is CCCCN(C(=O)Nc1c(C(C)C)cc(-c2ccc(N)cc2)cc1C(C)C)c1cc2cccnc2[nH]c1=O. The van der Waals surface area contributed by atoms with Crippen molar-refractivity contribution in [3.05, 3.63) is 82.3 Å². The van der Waals surface area contributed by atoms with Crippen molar-refractivity contribution in [2.24, 2.45) is 0 Å². The van der Waals surface area contributed by atoms with E-state index in [-0.39, 0.29) is 23.4 Å². The Labute approximate surface area is 224 Å². The van der Waals surface area contributed by atoms with Crippen LogP contribution in [0.3, 0.4) is 0 Å². The zero-order valence-corrected chi connectivity index (χ0v) is 22.8. The number of unbranched alkanes of at least 4 members (excludes halogenated alkanes) is 1. The second kappa shape index (κ2) is 11.5. The van der Waals surface area contributed by atoms with Gasteiger partial charge in [-0.05, 0) is 83.0 Å². The van der Waals surface area contributed by atoms with E-state index in [0.717, 1.165) is 51.9 Å². The van der Waals surface area contributed by atoms with E-state index in [4.69, 9.17) is 5.73 Å². The molecular formula is C31H37N5O2. The Balaban J connectivity index is 1.79. The smallest absolute Gasteiger partial charge is 0.326 e. The number of nitrogens with one attached hydrogen (secondary N) is 2. The van der Waals surface area contributed by atoms with Crippen LogP contribution in [-0.2, 0) is 0 Å². The molecule has 0 bridgehead atoms. The fourth-order valence-electron chi connectivity index (χ4n) is 4.63. The highest BCUT2D eigenvalue weighted by atomic mass is 16.2. The van der Waals surface area contributed by atoms with Crippen molar-refractivity contribution in [3.63, 3.8) is 0 Å². The minimum Gasteiger partial charge on any atom is -0.399 e. The van der Waals surface area contributed by atoms with Gasteiger partial charge in [0.2, 0.25) is 0 Å². The number of nitrogens with two attached hydrogens (primary N) is 1. The number of nitrogens with zero attached hydrogens (tertiary/aromatic N) is 2. The van der Waals surface area contributed by atoms with Crippen molar-refractivity contribution in [1.82, 2.24) is 9.97 Å².